The van der Waals surface area contributed by atoms with Crippen molar-refractivity contribution in [1.29, 1.82) is 0 Å². The van der Waals surface area contributed by atoms with Crippen molar-refractivity contribution < 1.29 is 9.21 Å². The number of likely N-dealkylation sites (tertiary alicyclic amines) is 1. The van der Waals surface area contributed by atoms with Gasteiger partial charge in [-0.1, -0.05) is 6.42 Å². The Morgan fingerprint density at radius 2 is 2.21 bits per heavy atom. The highest BCUT2D eigenvalue weighted by Gasteiger charge is 2.29. The Morgan fingerprint density at radius 3 is 2.92 bits per heavy atom. The summed E-state index contributed by atoms with van der Waals surface area (Å²) in [5, 5.41) is 0. The third-order valence-corrected chi connectivity index (χ3v) is 5.54. The molecule has 0 N–H and O–H groups in total. The fourth-order valence-electron chi connectivity index (χ4n) is 3.92. The second kappa shape index (κ2) is 6.46. The molecular formula is C19H25N3O2. The van der Waals surface area contributed by atoms with Gasteiger partial charge in [-0.2, -0.15) is 0 Å². The van der Waals surface area contributed by atoms with E-state index in [9.17, 15) is 4.79 Å². The number of furan rings is 1. The molecule has 1 aliphatic heterocycles. The fourth-order valence-corrected chi connectivity index (χ4v) is 3.92. The summed E-state index contributed by atoms with van der Waals surface area (Å²) >= 11 is 0. The van der Waals surface area contributed by atoms with Gasteiger partial charge >= 0.3 is 0 Å². The molecule has 1 atom stereocenters. The Balaban J connectivity index is 1.45. The van der Waals surface area contributed by atoms with Crippen molar-refractivity contribution in [2.24, 2.45) is 5.92 Å². The molecule has 1 amide bonds. The van der Waals surface area contributed by atoms with Gasteiger partial charge in [0, 0.05) is 37.4 Å². The van der Waals surface area contributed by atoms with Crippen LogP contribution in [0.1, 0.15) is 60.1 Å². The first-order valence-electron chi connectivity index (χ1n) is 9.07. The maximum absolute atomic E-state index is 12.5. The van der Waals surface area contributed by atoms with Gasteiger partial charge in [-0.25, -0.2) is 4.98 Å². The minimum atomic E-state index is 0.0197. The van der Waals surface area contributed by atoms with Gasteiger partial charge in [0.05, 0.1) is 6.26 Å². The second-order valence-corrected chi connectivity index (χ2v) is 7.23. The van der Waals surface area contributed by atoms with Crippen molar-refractivity contribution in [3.63, 3.8) is 0 Å². The lowest BCUT2D eigenvalue weighted by atomic mass is 9.84. The van der Waals surface area contributed by atoms with E-state index in [1.807, 2.05) is 11.1 Å². The first-order valence-corrected chi connectivity index (χ1v) is 9.07. The molecule has 1 saturated heterocycles. The third-order valence-electron chi connectivity index (χ3n) is 5.54. The highest BCUT2D eigenvalue weighted by Crippen LogP contribution is 2.36. The van der Waals surface area contributed by atoms with Crippen LogP contribution in [0.5, 0.6) is 0 Å². The van der Waals surface area contributed by atoms with E-state index in [0.29, 0.717) is 17.6 Å². The van der Waals surface area contributed by atoms with Crippen LogP contribution in [0.25, 0.3) is 0 Å². The number of carbonyl (C=O) groups is 1. The average molecular weight is 327 g/mol. The molecular weight excluding hydrogens is 302 g/mol. The van der Waals surface area contributed by atoms with Gasteiger partial charge in [0.1, 0.15) is 5.82 Å². The molecule has 2 fully saturated rings. The third kappa shape index (κ3) is 2.87. The molecule has 4 rings (SSSR count). The zero-order valence-electron chi connectivity index (χ0n) is 14.3. The largest absolute Gasteiger partial charge is 0.459 e. The first kappa shape index (κ1) is 15.5. The molecule has 1 saturated carbocycles. The summed E-state index contributed by atoms with van der Waals surface area (Å²) in [6.07, 6.45) is 9.66. The summed E-state index contributed by atoms with van der Waals surface area (Å²) in [5.41, 5.74) is 1.24. The number of amides is 1. The van der Waals surface area contributed by atoms with Crippen LogP contribution in [0.15, 0.2) is 29.0 Å². The molecule has 0 spiro atoms. The second-order valence-electron chi connectivity index (χ2n) is 7.23. The smallest absolute Gasteiger partial charge is 0.289 e. The average Bonchev–Trinajstić information content (AvgIpc) is 3.18. The normalized spacial score (nSPS) is 21.7. The van der Waals surface area contributed by atoms with Gasteiger partial charge in [-0.3, -0.25) is 4.79 Å². The fraction of sp³-hybridized carbons (Fsp3) is 0.579. The lowest BCUT2D eigenvalue weighted by Gasteiger charge is -2.34. The lowest BCUT2D eigenvalue weighted by Crippen LogP contribution is -2.41. The van der Waals surface area contributed by atoms with Crippen LogP contribution in [0.3, 0.4) is 0 Å². The van der Waals surface area contributed by atoms with Gasteiger partial charge in [0.15, 0.2) is 5.76 Å². The minimum absolute atomic E-state index is 0.0197. The van der Waals surface area contributed by atoms with Crippen molar-refractivity contribution in [2.45, 2.75) is 51.5 Å². The molecule has 5 heteroatoms. The summed E-state index contributed by atoms with van der Waals surface area (Å²) in [7, 11) is 0. The number of piperidine rings is 1. The van der Waals surface area contributed by atoms with Gasteiger partial charge in [-0.15, -0.1) is 0 Å². The van der Waals surface area contributed by atoms with E-state index in [1.165, 1.54) is 37.2 Å². The predicted molar refractivity (Wildman–Crippen MR) is 90.9 cm³/mol. The van der Waals surface area contributed by atoms with Gasteiger partial charge < -0.3 is 13.9 Å². The predicted octanol–water partition coefficient (Wildman–Crippen LogP) is 3.60. The molecule has 0 bridgehead atoms. The number of nitrogens with zero attached hydrogens (tertiary/aromatic N) is 3. The van der Waals surface area contributed by atoms with E-state index in [0.717, 1.165) is 26.1 Å². The number of carbonyl (C=O) groups excluding carboxylic acids is 1. The van der Waals surface area contributed by atoms with E-state index in [2.05, 4.69) is 16.5 Å². The van der Waals surface area contributed by atoms with Crippen LogP contribution in [0.4, 0.5) is 0 Å². The molecule has 5 nitrogen and oxygen atoms in total. The summed E-state index contributed by atoms with van der Waals surface area (Å²) in [5.74, 6) is 2.86. The summed E-state index contributed by atoms with van der Waals surface area (Å²) in [4.78, 5) is 19.1. The standard InChI is InChI=1S/C19H25N3O2/c1-14-11-20-18(16-6-2-7-16)22(14)13-15-5-3-9-21(12-15)19(23)17-8-4-10-24-17/h4,8,10-11,15-16H,2-3,5-7,9,12-13H2,1H3. The van der Waals surface area contributed by atoms with Gasteiger partial charge in [-0.05, 0) is 50.7 Å². The van der Waals surface area contributed by atoms with Crippen molar-refractivity contribution in [3.05, 3.63) is 41.9 Å². The van der Waals surface area contributed by atoms with Crippen LogP contribution in [-0.2, 0) is 6.54 Å². The number of imidazole rings is 1. The quantitative estimate of drug-likeness (QED) is 0.862. The van der Waals surface area contributed by atoms with Crippen molar-refractivity contribution in [1.82, 2.24) is 14.5 Å². The maximum atomic E-state index is 12.5. The van der Waals surface area contributed by atoms with E-state index >= 15 is 0 Å². The summed E-state index contributed by atoms with van der Waals surface area (Å²) in [6, 6.07) is 3.52. The lowest BCUT2D eigenvalue weighted by molar-refractivity contribution is 0.0629. The molecule has 2 aliphatic rings. The zero-order chi connectivity index (χ0) is 16.5. The number of aryl methyl sites for hydroxylation is 1. The molecule has 128 valence electrons. The number of aromatic nitrogens is 2. The molecule has 24 heavy (non-hydrogen) atoms. The van der Waals surface area contributed by atoms with Crippen LogP contribution >= 0.6 is 0 Å². The maximum Gasteiger partial charge on any atom is 0.289 e. The Labute approximate surface area is 142 Å². The molecule has 2 aromatic heterocycles. The number of rotatable bonds is 4. The van der Waals surface area contributed by atoms with Crippen LogP contribution < -0.4 is 0 Å². The zero-order valence-corrected chi connectivity index (χ0v) is 14.3. The van der Waals surface area contributed by atoms with E-state index in [-0.39, 0.29) is 5.91 Å². The van der Waals surface area contributed by atoms with Gasteiger partial charge in [0.2, 0.25) is 0 Å². The topological polar surface area (TPSA) is 51.3 Å². The van der Waals surface area contributed by atoms with E-state index in [4.69, 9.17) is 4.42 Å². The van der Waals surface area contributed by atoms with Crippen LogP contribution in [0, 0.1) is 12.8 Å². The summed E-state index contributed by atoms with van der Waals surface area (Å²) in [6.45, 7) is 4.75. The van der Waals surface area contributed by atoms with Crippen molar-refractivity contribution in [2.75, 3.05) is 13.1 Å². The minimum Gasteiger partial charge on any atom is -0.459 e. The van der Waals surface area contributed by atoms with Crippen molar-refractivity contribution >= 4 is 5.91 Å². The van der Waals surface area contributed by atoms with E-state index < -0.39 is 0 Å². The molecule has 3 heterocycles. The Bertz CT molecular complexity index is 700. The van der Waals surface area contributed by atoms with Crippen LogP contribution in [0.2, 0.25) is 0 Å². The number of hydrogen-bond acceptors (Lipinski definition) is 3. The Morgan fingerprint density at radius 1 is 1.33 bits per heavy atom. The van der Waals surface area contributed by atoms with Crippen LogP contribution in [-0.4, -0.2) is 33.4 Å². The molecule has 0 radical (unpaired) electrons. The first-order chi connectivity index (χ1) is 11.7. The molecule has 2 aromatic rings. The highest BCUT2D eigenvalue weighted by atomic mass is 16.3. The van der Waals surface area contributed by atoms with Gasteiger partial charge in [0.25, 0.3) is 5.91 Å². The number of hydrogen-bond donors (Lipinski definition) is 0. The molecule has 1 aliphatic carbocycles. The van der Waals surface area contributed by atoms with Crippen molar-refractivity contribution in [3.8, 4) is 0 Å². The Hall–Kier alpha value is -2.04. The SMILES string of the molecule is Cc1cnc(C2CCC2)n1CC1CCCN(C(=O)c2ccco2)C1. The van der Waals surface area contributed by atoms with E-state index in [1.54, 1.807) is 18.4 Å². The summed E-state index contributed by atoms with van der Waals surface area (Å²) < 4.78 is 7.67. The monoisotopic (exact) mass is 327 g/mol. The Kier molecular flexibility index (Phi) is 4.17. The molecule has 1 unspecified atom stereocenters. The highest BCUT2D eigenvalue weighted by molar-refractivity contribution is 5.91. The molecule has 0 aromatic carbocycles.